The minimum absolute atomic E-state index is 0.0167. The van der Waals surface area contributed by atoms with Crippen molar-refractivity contribution in [3.63, 3.8) is 0 Å². The van der Waals surface area contributed by atoms with Crippen LogP contribution in [-0.2, 0) is 19.6 Å². The number of benzene rings is 1. The van der Waals surface area contributed by atoms with E-state index in [2.05, 4.69) is 5.32 Å². The van der Waals surface area contributed by atoms with Crippen molar-refractivity contribution in [1.29, 1.82) is 0 Å². The summed E-state index contributed by atoms with van der Waals surface area (Å²) in [7, 11) is -3.10. The minimum atomic E-state index is -3.10. The maximum Gasteiger partial charge on any atom is 0.227 e. The predicted octanol–water partition coefficient (Wildman–Crippen LogP) is 1.98. The molecule has 2 heterocycles. The van der Waals surface area contributed by atoms with Gasteiger partial charge in [-0.3, -0.25) is 9.59 Å². The fraction of sp³-hybridized carbons (Fsp3) is 0.636. The van der Waals surface area contributed by atoms with E-state index in [1.807, 2.05) is 32.0 Å². The highest BCUT2D eigenvalue weighted by molar-refractivity contribution is 7.90. The third-order valence-electron chi connectivity index (χ3n) is 6.74. The number of rotatable bonds is 6. The van der Waals surface area contributed by atoms with Gasteiger partial charge in [0, 0.05) is 38.3 Å². The van der Waals surface area contributed by atoms with Gasteiger partial charge in [0.2, 0.25) is 21.8 Å². The smallest absolute Gasteiger partial charge is 0.227 e. The van der Waals surface area contributed by atoms with Crippen molar-refractivity contribution >= 4 is 27.5 Å². The van der Waals surface area contributed by atoms with E-state index in [9.17, 15) is 18.0 Å². The summed E-state index contributed by atoms with van der Waals surface area (Å²) in [6.45, 7) is 6.09. The lowest BCUT2D eigenvalue weighted by Gasteiger charge is -2.31. The normalized spacial score (nSPS) is 23.7. The molecule has 164 valence electrons. The SMILES string of the molecule is Cc1ccc(N2C[C@@H](C(=O)NCC3CCN(S(=O)(=O)C4CC4)CC3)CC2=O)cc1C. The molecule has 1 aromatic carbocycles. The number of carbonyl (C=O) groups excluding carboxylic acids is 2. The Morgan fingerprint density at radius 2 is 1.80 bits per heavy atom. The molecule has 7 nitrogen and oxygen atoms in total. The highest BCUT2D eigenvalue weighted by Crippen LogP contribution is 2.33. The quantitative estimate of drug-likeness (QED) is 0.743. The van der Waals surface area contributed by atoms with E-state index in [1.165, 1.54) is 5.56 Å². The molecule has 2 aliphatic heterocycles. The first-order valence-electron chi connectivity index (χ1n) is 10.9. The van der Waals surface area contributed by atoms with E-state index < -0.39 is 10.0 Å². The molecule has 4 rings (SSSR count). The van der Waals surface area contributed by atoms with Gasteiger partial charge in [0.1, 0.15) is 0 Å². The Bertz CT molecular complexity index is 934. The third kappa shape index (κ3) is 4.39. The van der Waals surface area contributed by atoms with Crippen LogP contribution in [0.5, 0.6) is 0 Å². The third-order valence-corrected chi connectivity index (χ3v) is 9.14. The molecule has 0 spiro atoms. The zero-order valence-electron chi connectivity index (χ0n) is 17.8. The standard InChI is InChI=1S/C22H31N3O4S/c1-15-3-4-19(11-16(15)2)25-14-18(12-21(25)26)22(27)23-13-17-7-9-24(10-8-17)30(28,29)20-5-6-20/h3-4,11,17-18,20H,5-10,12-14H2,1-2H3,(H,23,27)/t18-/m0/s1. The Balaban J connectivity index is 1.26. The summed E-state index contributed by atoms with van der Waals surface area (Å²) < 4.78 is 26.3. The molecule has 2 amide bonds. The molecule has 0 aromatic heterocycles. The van der Waals surface area contributed by atoms with Crippen LogP contribution in [0.15, 0.2) is 18.2 Å². The van der Waals surface area contributed by atoms with Gasteiger partial charge in [0.25, 0.3) is 0 Å². The number of sulfonamides is 1. The van der Waals surface area contributed by atoms with Gasteiger partial charge >= 0.3 is 0 Å². The first kappa shape index (κ1) is 21.3. The van der Waals surface area contributed by atoms with E-state index in [0.29, 0.717) is 26.2 Å². The molecule has 1 saturated carbocycles. The highest BCUT2D eigenvalue weighted by Gasteiger charge is 2.41. The Hall–Kier alpha value is -1.93. The fourth-order valence-corrected chi connectivity index (χ4v) is 6.23. The monoisotopic (exact) mass is 433 g/mol. The molecular formula is C22H31N3O4S. The number of nitrogens with zero attached hydrogens (tertiary/aromatic N) is 2. The molecule has 1 N–H and O–H groups in total. The van der Waals surface area contributed by atoms with Crippen LogP contribution in [0.2, 0.25) is 0 Å². The molecule has 1 aliphatic carbocycles. The van der Waals surface area contributed by atoms with Crippen molar-refractivity contribution in [3.05, 3.63) is 29.3 Å². The molecular weight excluding hydrogens is 402 g/mol. The Labute approximate surface area is 178 Å². The van der Waals surface area contributed by atoms with Crippen LogP contribution in [0.1, 0.15) is 43.2 Å². The van der Waals surface area contributed by atoms with Crippen molar-refractivity contribution in [2.45, 2.75) is 51.2 Å². The van der Waals surface area contributed by atoms with Crippen molar-refractivity contribution in [2.24, 2.45) is 11.8 Å². The highest BCUT2D eigenvalue weighted by atomic mass is 32.2. The average molecular weight is 434 g/mol. The lowest BCUT2D eigenvalue weighted by atomic mass is 9.97. The van der Waals surface area contributed by atoms with E-state index >= 15 is 0 Å². The van der Waals surface area contributed by atoms with Crippen LogP contribution < -0.4 is 10.2 Å². The number of hydrogen-bond donors (Lipinski definition) is 1. The van der Waals surface area contributed by atoms with Crippen LogP contribution >= 0.6 is 0 Å². The topological polar surface area (TPSA) is 86.8 Å². The van der Waals surface area contributed by atoms with Crippen LogP contribution in [0.3, 0.4) is 0 Å². The molecule has 0 radical (unpaired) electrons. The van der Waals surface area contributed by atoms with Gasteiger partial charge in [-0.1, -0.05) is 6.07 Å². The molecule has 8 heteroatoms. The van der Waals surface area contributed by atoms with E-state index in [-0.39, 0.29) is 35.3 Å². The molecule has 0 bridgehead atoms. The van der Waals surface area contributed by atoms with E-state index in [1.54, 1.807) is 9.21 Å². The van der Waals surface area contributed by atoms with Gasteiger partial charge in [-0.05, 0) is 68.7 Å². The number of aryl methyl sites for hydroxylation is 2. The van der Waals surface area contributed by atoms with Gasteiger partial charge in [-0.25, -0.2) is 12.7 Å². The lowest BCUT2D eigenvalue weighted by molar-refractivity contribution is -0.126. The summed E-state index contributed by atoms with van der Waals surface area (Å²) >= 11 is 0. The summed E-state index contributed by atoms with van der Waals surface area (Å²) in [5.74, 6) is -0.151. The van der Waals surface area contributed by atoms with Gasteiger partial charge < -0.3 is 10.2 Å². The van der Waals surface area contributed by atoms with Crippen molar-refractivity contribution in [1.82, 2.24) is 9.62 Å². The molecule has 0 unspecified atom stereocenters. The van der Waals surface area contributed by atoms with Crippen LogP contribution in [-0.4, -0.2) is 56.0 Å². The van der Waals surface area contributed by atoms with E-state index in [4.69, 9.17) is 0 Å². The zero-order valence-corrected chi connectivity index (χ0v) is 18.6. The zero-order chi connectivity index (χ0) is 21.5. The van der Waals surface area contributed by atoms with E-state index in [0.717, 1.165) is 36.9 Å². The van der Waals surface area contributed by atoms with Crippen molar-refractivity contribution in [3.8, 4) is 0 Å². The van der Waals surface area contributed by atoms with Crippen LogP contribution in [0, 0.1) is 25.7 Å². The Morgan fingerprint density at radius 3 is 2.43 bits per heavy atom. The van der Waals surface area contributed by atoms with Crippen LogP contribution in [0.4, 0.5) is 5.69 Å². The summed E-state index contributed by atoms with van der Waals surface area (Å²) in [4.78, 5) is 26.8. The maximum absolute atomic E-state index is 12.7. The number of carbonyl (C=O) groups is 2. The summed E-state index contributed by atoms with van der Waals surface area (Å²) in [5.41, 5.74) is 3.15. The summed E-state index contributed by atoms with van der Waals surface area (Å²) in [5, 5.41) is 2.85. The predicted molar refractivity (Wildman–Crippen MR) is 116 cm³/mol. The van der Waals surface area contributed by atoms with Gasteiger partial charge in [-0.2, -0.15) is 0 Å². The molecule has 1 aromatic rings. The molecule has 30 heavy (non-hydrogen) atoms. The maximum atomic E-state index is 12.7. The second kappa shape index (κ2) is 8.30. The number of piperidine rings is 1. The molecule has 3 aliphatic rings. The molecule has 2 saturated heterocycles. The van der Waals surface area contributed by atoms with Crippen LogP contribution in [0.25, 0.3) is 0 Å². The molecule has 1 atom stereocenters. The Kier molecular flexibility index (Phi) is 5.90. The average Bonchev–Trinajstić information content (AvgIpc) is 3.52. The minimum Gasteiger partial charge on any atom is -0.356 e. The Morgan fingerprint density at radius 1 is 1.10 bits per heavy atom. The second-order valence-electron chi connectivity index (χ2n) is 9.01. The van der Waals surface area contributed by atoms with Crippen molar-refractivity contribution in [2.75, 3.05) is 31.1 Å². The number of amides is 2. The number of nitrogens with one attached hydrogen (secondary N) is 1. The largest absolute Gasteiger partial charge is 0.356 e. The van der Waals surface area contributed by atoms with Gasteiger partial charge in [0.15, 0.2) is 0 Å². The summed E-state index contributed by atoms with van der Waals surface area (Å²) in [6.07, 6.45) is 3.35. The fourth-order valence-electron chi connectivity index (χ4n) is 4.36. The van der Waals surface area contributed by atoms with Gasteiger partial charge in [0.05, 0.1) is 11.2 Å². The van der Waals surface area contributed by atoms with Crippen molar-refractivity contribution < 1.29 is 18.0 Å². The van der Waals surface area contributed by atoms with Gasteiger partial charge in [-0.15, -0.1) is 0 Å². The number of hydrogen-bond acceptors (Lipinski definition) is 4. The first-order chi connectivity index (χ1) is 14.3. The second-order valence-corrected chi connectivity index (χ2v) is 11.2. The first-order valence-corrected chi connectivity index (χ1v) is 12.4. The molecule has 3 fully saturated rings. The number of anilines is 1. The lowest BCUT2D eigenvalue weighted by Crippen LogP contribution is -2.43. The summed E-state index contributed by atoms with van der Waals surface area (Å²) in [6, 6.07) is 5.93.